The van der Waals surface area contributed by atoms with Gasteiger partial charge in [0.25, 0.3) is 15.9 Å². The average Bonchev–Trinajstić information content (AvgIpc) is 2.75. The minimum atomic E-state index is -3.73. The van der Waals surface area contributed by atoms with Crippen molar-refractivity contribution in [3.05, 3.63) is 82.3 Å². The number of benzene rings is 3. The molecule has 0 bridgehead atoms. The highest BCUT2D eigenvalue weighted by Crippen LogP contribution is 2.22. The van der Waals surface area contributed by atoms with Crippen LogP contribution in [0.2, 0.25) is 0 Å². The Hall–Kier alpha value is -2.84. The molecule has 0 saturated heterocycles. The molecule has 0 spiro atoms. The summed E-state index contributed by atoms with van der Waals surface area (Å²) in [6, 6.07) is 18.6. The van der Waals surface area contributed by atoms with E-state index in [9.17, 15) is 13.2 Å². The summed E-state index contributed by atoms with van der Waals surface area (Å²) in [6.07, 6.45) is 0.808. The summed E-state index contributed by atoms with van der Waals surface area (Å²) in [5.41, 5.74) is 3.31. The zero-order valence-corrected chi connectivity index (χ0v) is 19.6. The first-order chi connectivity index (χ1) is 14.8. The number of nitrogens with one attached hydrogen (secondary N) is 2. The molecule has 162 valence electrons. The number of aryl methyl sites for hydroxylation is 2. The van der Waals surface area contributed by atoms with Crippen LogP contribution in [-0.2, 0) is 21.2 Å². The maximum absolute atomic E-state index is 12.5. The largest absolute Gasteiger partial charge is 0.484 e. The highest BCUT2D eigenvalue weighted by atomic mass is 79.9. The van der Waals surface area contributed by atoms with E-state index in [1.165, 1.54) is 24.3 Å². The molecular formula is C23H23BrN2O4S. The van der Waals surface area contributed by atoms with Crippen molar-refractivity contribution in [2.24, 2.45) is 0 Å². The minimum Gasteiger partial charge on any atom is -0.484 e. The van der Waals surface area contributed by atoms with Crippen molar-refractivity contribution in [1.29, 1.82) is 0 Å². The normalized spacial score (nSPS) is 11.1. The third-order valence-corrected chi connectivity index (χ3v) is 6.53. The van der Waals surface area contributed by atoms with Crippen LogP contribution in [0, 0.1) is 6.92 Å². The van der Waals surface area contributed by atoms with E-state index in [2.05, 4.69) is 26.0 Å². The van der Waals surface area contributed by atoms with Gasteiger partial charge < -0.3 is 10.1 Å². The third kappa shape index (κ3) is 6.08. The molecule has 0 saturated carbocycles. The van der Waals surface area contributed by atoms with E-state index < -0.39 is 10.0 Å². The number of hydrogen-bond donors (Lipinski definition) is 2. The first-order valence-corrected chi connectivity index (χ1v) is 12.0. The van der Waals surface area contributed by atoms with Crippen molar-refractivity contribution in [2.75, 3.05) is 16.6 Å². The Kier molecular flexibility index (Phi) is 7.35. The number of rotatable bonds is 8. The van der Waals surface area contributed by atoms with E-state index in [1.54, 1.807) is 24.3 Å². The smallest absolute Gasteiger partial charge is 0.262 e. The second kappa shape index (κ2) is 9.98. The van der Waals surface area contributed by atoms with Crippen LogP contribution in [0.15, 0.2) is 76.1 Å². The average molecular weight is 503 g/mol. The Morgan fingerprint density at radius 2 is 1.68 bits per heavy atom. The number of hydrogen-bond acceptors (Lipinski definition) is 4. The summed E-state index contributed by atoms with van der Waals surface area (Å²) in [6.45, 7) is 3.79. The zero-order valence-electron chi connectivity index (χ0n) is 17.2. The number of amides is 1. The van der Waals surface area contributed by atoms with E-state index in [-0.39, 0.29) is 17.4 Å². The quantitative estimate of drug-likeness (QED) is 0.446. The summed E-state index contributed by atoms with van der Waals surface area (Å²) < 4.78 is 34.0. The second-order valence-electron chi connectivity index (χ2n) is 6.88. The Morgan fingerprint density at radius 3 is 2.32 bits per heavy atom. The van der Waals surface area contributed by atoms with Gasteiger partial charge in [0.05, 0.1) is 4.90 Å². The van der Waals surface area contributed by atoms with Gasteiger partial charge in [-0.05, 0) is 73.0 Å². The van der Waals surface area contributed by atoms with Gasteiger partial charge >= 0.3 is 0 Å². The summed E-state index contributed by atoms with van der Waals surface area (Å²) in [4.78, 5) is 12.4. The number of anilines is 2. The van der Waals surface area contributed by atoms with Gasteiger partial charge in [-0.25, -0.2) is 8.42 Å². The molecular weight excluding hydrogens is 480 g/mol. The maximum Gasteiger partial charge on any atom is 0.262 e. The van der Waals surface area contributed by atoms with Gasteiger partial charge in [-0.15, -0.1) is 0 Å². The van der Waals surface area contributed by atoms with Crippen LogP contribution >= 0.6 is 15.9 Å². The lowest BCUT2D eigenvalue weighted by Crippen LogP contribution is -2.21. The summed E-state index contributed by atoms with van der Waals surface area (Å²) in [5, 5.41) is 2.89. The molecule has 0 atom stereocenters. The summed E-state index contributed by atoms with van der Waals surface area (Å²) in [5.74, 6) is 0.121. The van der Waals surface area contributed by atoms with Crippen LogP contribution in [0.3, 0.4) is 0 Å². The van der Waals surface area contributed by atoms with Gasteiger partial charge in [-0.3, -0.25) is 9.52 Å². The van der Waals surface area contributed by atoms with Gasteiger partial charge in [0, 0.05) is 15.8 Å². The summed E-state index contributed by atoms with van der Waals surface area (Å²) in [7, 11) is -3.73. The maximum atomic E-state index is 12.5. The second-order valence-corrected chi connectivity index (χ2v) is 9.48. The number of carbonyl (C=O) groups is 1. The van der Waals surface area contributed by atoms with Crippen LogP contribution in [0.4, 0.5) is 11.4 Å². The van der Waals surface area contributed by atoms with Gasteiger partial charge in [-0.2, -0.15) is 0 Å². The molecule has 8 heteroatoms. The number of carbonyl (C=O) groups excluding carboxylic acids is 1. The molecule has 0 aromatic heterocycles. The molecule has 3 aromatic carbocycles. The molecule has 0 heterocycles. The highest BCUT2D eigenvalue weighted by molar-refractivity contribution is 9.10. The van der Waals surface area contributed by atoms with Crippen molar-refractivity contribution < 1.29 is 17.9 Å². The lowest BCUT2D eigenvalue weighted by molar-refractivity contribution is -0.118. The third-order valence-electron chi connectivity index (χ3n) is 4.60. The van der Waals surface area contributed by atoms with Crippen molar-refractivity contribution in [3.8, 4) is 5.75 Å². The molecule has 0 aliphatic rings. The number of sulfonamides is 1. The van der Waals surface area contributed by atoms with Crippen LogP contribution in [-0.4, -0.2) is 20.9 Å². The van der Waals surface area contributed by atoms with Crippen molar-refractivity contribution in [3.63, 3.8) is 0 Å². The molecule has 0 radical (unpaired) electrons. The van der Waals surface area contributed by atoms with E-state index in [0.717, 1.165) is 27.7 Å². The van der Waals surface area contributed by atoms with Crippen molar-refractivity contribution in [1.82, 2.24) is 0 Å². The van der Waals surface area contributed by atoms with E-state index in [0.29, 0.717) is 11.4 Å². The standard InChI is InChI=1S/C23H23BrN2O4S/c1-3-17-6-4-5-16(2)23(17)25-22(27)15-30-20-11-13-21(14-12-20)31(28,29)26-19-9-7-18(24)8-10-19/h4-14,26H,3,15H2,1-2H3,(H,25,27). The molecule has 0 aliphatic carbocycles. The van der Waals surface area contributed by atoms with Crippen LogP contribution < -0.4 is 14.8 Å². The molecule has 6 nitrogen and oxygen atoms in total. The fraction of sp³-hybridized carbons (Fsp3) is 0.174. The SMILES string of the molecule is CCc1cccc(C)c1NC(=O)COc1ccc(S(=O)(=O)Nc2ccc(Br)cc2)cc1. The van der Waals surface area contributed by atoms with E-state index in [4.69, 9.17) is 4.74 Å². The van der Waals surface area contributed by atoms with Crippen LogP contribution in [0.5, 0.6) is 5.75 Å². The molecule has 0 aliphatic heterocycles. The molecule has 3 aromatic rings. The topological polar surface area (TPSA) is 84.5 Å². The highest BCUT2D eigenvalue weighted by Gasteiger charge is 2.15. The molecule has 2 N–H and O–H groups in total. The Balaban J connectivity index is 1.60. The van der Waals surface area contributed by atoms with E-state index in [1.807, 2.05) is 32.0 Å². The van der Waals surface area contributed by atoms with Crippen LogP contribution in [0.25, 0.3) is 0 Å². The fourth-order valence-corrected chi connectivity index (χ4v) is 4.30. The predicted octanol–water partition coefficient (Wildman–Crippen LogP) is 5.14. The lowest BCUT2D eigenvalue weighted by Gasteiger charge is -2.13. The monoisotopic (exact) mass is 502 g/mol. The molecule has 1 amide bonds. The fourth-order valence-electron chi connectivity index (χ4n) is 2.97. The first-order valence-electron chi connectivity index (χ1n) is 9.68. The Morgan fingerprint density at radius 1 is 1.00 bits per heavy atom. The van der Waals surface area contributed by atoms with Crippen molar-refractivity contribution in [2.45, 2.75) is 25.2 Å². The van der Waals surface area contributed by atoms with Gasteiger partial charge in [-0.1, -0.05) is 41.1 Å². The molecule has 3 rings (SSSR count). The molecule has 0 fully saturated rings. The van der Waals surface area contributed by atoms with Gasteiger partial charge in [0.1, 0.15) is 5.75 Å². The predicted molar refractivity (Wildman–Crippen MR) is 126 cm³/mol. The Labute approximate surface area is 190 Å². The van der Waals surface area contributed by atoms with Gasteiger partial charge in [0.2, 0.25) is 0 Å². The Bertz CT molecular complexity index is 1160. The van der Waals surface area contributed by atoms with E-state index >= 15 is 0 Å². The number of halogens is 1. The first kappa shape index (κ1) is 22.8. The summed E-state index contributed by atoms with van der Waals surface area (Å²) >= 11 is 3.31. The number of para-hydroxylation sites is 1. The minimum absolute atomic E-state index is 0.0970. The van der Waals surface area contributed by atoms with Crippen LogP contribution in [0.1, 0.15) is 18.1 Å². The lowest BCUT2D eigenvalue weighted by atomic mass is 10.1. The van der Waals surface area contributed by atoms with Crippen molar-refractivity contribution >= 4 is 43.2 Å². The van der Waals surface area contributed by atoms with Gasteiger partial charge in [0.15, 0.2) is 6.61 Å². The molecule has 0 unspecified atom stereocenters. The zero-order chi connectivity index (χ0) is 22.4. The number of ether oxygens (including phenoxy) is 1. The molecule has 31 heavy (non-hydrogen) atoms.